The fourth-order valence-electron chi connectivity index (χ4n) is 3.93. The summed E-state index contributed by atoms with van der Waals surface area (Å²) < 4.78 is 10.4. The number of amides is 4. The number of carbonyl (C=O) groups excluding carboxylic acids is 6. The van der Waals surface area contributed by atoms with Crippen molar-refractivity contribution in [2.75, 3.05) is 54.5 Å². The first-order chi connectivity index (χ1) is 34.3. The van der Waals surface area contributed by atoms with Gasteiger partial charge in [0.25, 0.3) is 5.91 Å². The molecule has 0 atom stereocenters. The van der Waals surface area contributed by atoms with Crippen molar-refractivity contribution >= 4 is 35.6 Å². The van der Waals surface area contributed by atoms with Gasteiger partial charge in [-0.3, -0.25) is 38.6 Å². The first-order valence-corrected chi connectivity index (χ1v) is 20.4. The molecule has 0 aromatic rings. The third-order valence-electron chi connectivity index (χ3n) is 7.16. The van der Waals surface area contributed by atoms with Crippen LogP contribution in [0, 0.1) is 0 Å². The second kappa shape index (κ2) is 40.3. The Morgan fingerprint density at radius 1 is 0.408 bits per heavy atom. The van der Waals surface area contributed by atoms with Gasteiger partial charge in [-0.15, -0.1) is 0 Å². The lowest BCUT2D eigenvalue weighted by molar-refractivity contribution is -0.146. The molecule has 0 saturated heterocycles. The van der Waals surface area contributed by atoms with E-state index in [4.69, 9.17) is 9.47 Å². The van der Waals surface area contributed by atoms with E-state index in [2.05, 4.69) is 208 Å². The molecule has 12 nitrogen and oxygen atoms in total. The summed E-state index contributed by atoms with van der Waals surface area (Å²) in [5, 5.41) is 0. The predicted molar refractivity (Wildman–Crippen MR) is 255 cm³/mol. The normalized spacial score (nSPS) is 7.18. The molecule has 0 saturated carbocycles. The van der Waals surface area contributed by atoms with Crippen LogP contribution in [0.15, 0.2) is 219 Å². The Balaban J connectivity index is 7.18. The molecule has 0 bridgehead atoms. The zero-order chi connectivity index (χ0) is 52.7. The van der Waals surface area contributed by atoms with Crippen LogP contribution < -0.4 is 0 Å². The highest BCUT2D eigenvalue weighted by atomic mass is 16.5. The van der Waals surface area contributed by atoms with Gasteiger partial charge in [0.2, 0.25) is 17.7 Å². The van der Waals surface area contributed by atoms with Gasteiger partial charge in [-0.05, 0) is 111 Å². The topological polar surface area (TPSA) is 134 Å². The van der Waals surface area contributed by atoms with E-state index in [1.807, 2.05) is 0 Å². The number of ether oxygens (including phenoxy) is 2. The van der Waals surface area contributed by atoms with Gasteiger partial charge < -0.3 is 19.3 Å². The minimum Gasteiger partial charge on any atom is -0.465 e. The number of hydrogen-bond acceptors (Lipinski definition) is 8. The van der Waals surface area contributed by atoms with Crippen LogP contribution in [0.4, 0.5) is 0 Å². The van der Waals surface area contributed by atoms with Crippen LogP contribution >= 0.6 is 0 Å². The Kier molecular flexibility index (Phi) is 34.0. The highest BCUT2D eigenvalue weighted by molar-refractivity contribution is 5.94. The minimum absolute atomic E-state index is 0.0424. The maximum atomic E-state index is 13.5. The molecule has 0 aromatic heterocycles. The molecule has 0 heterocycles. The van der Waals surface area contributed by atoms with Crippen molar-refractivity contribution in [2.45, 2.75) is 46.0 Å². The number of nitrogens with zero attached hydrogens (tertiary/aromatic N) is 4. The zero-order valence-electron chi connectivity index (χ0n) is 39.8. The fourth-order valence-corrected chi connectivity index (χ4v) is 3.93. The van der Waals surface area contributed by atoms with Crippen molar-refractivity contribution in [2.24, 2.45) is 0 Å². The maximum Gasteiger partial charge on any atom is 0.307 e. The lowest BCUT2D eigenvalue weighted by atomic mass is 10.2. The summed E-state index contributed by atoms with van der Waals surface area (Å²) in [7, 11) is 6.26. The Hall–Kier alpha value is -11.2. The smallest absolute Gasteiger partial charge is 0.307 e. The molecule has 0 fully saturated rings. The molecular formula is C59H40N4O8. The van der Waals surface area contributed by atoms with E-state index in [0.717, 1.165) is 9.80 Å². The molecule has 4 amide bonds. The number of rotatable bonds is 16. The number of hydrogen-bond donors (Lipinski definition) is 0. The Morgan fingerprint density at radius 3 is 0.958 bits per heavy atom. The van der Waals surface area contributed by atoms with E-state index in [1.54, 1.807) is 35.1 Å². The summed E-state index contributed by atoms with van der Waals surface area (Å²) >= 11 is 0. The summed E-state index contributed by atoms with van der Waals surface area (Å²) in [6, 6.07) is 0. The molecule has 12 heteroatoms. The van der Waals surface area contributed by atoms with Gasteiger partial charge >= 0.3 is 11.9 Å². The van der Waals surface area contributed by atoms with Gasteiger partial charge in [0.1, 0.15) is 13.2 Å². The number of esters is 2. The van der Waals surface area contributed by atoms with Gasteiger partial charge in [-0.1, -0.05) is 19.2 Å². The van der Waals surface area contributed by atoms with Crippen molar-refractivity contribution in [3.63, 3.8) is 0 Å². The second-order valence-corrected chi connectivity index (χ2v) is 12.8. The Morgan fingerprint density at radius 2 is 0.690 bits per heavy atom. The SMILES string of the molecule is C=C=C=C=C=C=C=C=C=C=C=C=C=C=C=C=C=C=C=C=C=C=C=C=C=C=C=C=C=C=C=C=C=C=C=C(N(CCC(=O)OCCC(=O)N(C)C)C(=O)CC)N(CCC(=O)OCCC(=O)N(C)C)C(=O)C(=C)C. The van der Waals surface area contributed by atoms with Crippen LogP contribution in [0.2, 0.25) is 0 Å². The van der Waals surface area contributed by atoms with Crippen molar-refractivity contribution < 1.29 is 38.2 Å². The summed E-state index contributed by atoms with van der Waals surface area (Å²) in [6.45, 7) is 9.04. The van der Waals surface area contributed by atoms with Gasteiger partial charge in [0.05, 0.1) is 25.7 Å². The molecule has 0 radical (unpaired) electrons. The average molecular weight is 933 g/mol. The molecule has 0 unspecified atom stereocenters. The number of carbonyl (C=O) groups is 6. The van der Waals surface area contributed by atoms with Gasteiger partial charge in [0.15, 0.2) is 5.82 Å². The third kappa shape index (κ3) is 33.0. The molecule has 0 rings (SSSR count). The first kappa shape index (κ1) is 59.8. The highest BCUT2D eigenvalue weighted by Gasteiger charge is 2.28. The lowest BCUT2D eigenvalue weighted by Crippen LogP contribution is -2.43. The van der Waals surface area contributed by atoms with Crippen LogP contribution in [0.5, 0.6) is 0 Å². The van der Waals surface area contributed by atoms with Crippen LogP contribution in [-0.4, -0.2) is 110 Å². The molecule has 0 aliphatic rings. The van der Waals surface area contributed by atoms with Crippen molar-refractivity contribution in [1.29, 1.82) is 0 Å². The van der Waals surface area contributed by atoms with Crippen LogP contribution in [0.3, 0.4) is 0 Å². The van der Waals surface area contributed by atoms with Crippen LogP contribution in [-0.2, 0) is 38.2 Å². The highest BCUT2D eigenvalue weighted by Crippen LogP contribution is 2.17. The Labute approximate surface area is 411 Å². The molecule has 344 valence electrons. The van der Waals surface area contributed by atoms with Crippen molar-refractivity contribution in [1.82, 2.24) is 19.6 Å². The predicted octanol–water partition coefficient (Wildman–Crippen LogP) is 6.20. The fraction of sp³-hybridized carbons (Fsp3) is 0.254. The van der Waals surface area contributed by atoms with E-state index in [-0.39, 0.29) is 81.6 Å². The van der Waals surface area contributed by atoms with Gasteiger partial charge in [-0.2, -0.15) is 0 Å². The monoisotopic (exact) mass is 932 g/mol. The molecule has 0 spiro atoms. The van der Waals surface area contributed by atoms with Gasteiger partial charge in [-0.25, -0.2) is 0 Å². The van der Waals surface area contributed by atoms with Crippen molar-refractivity contribution in [3.8, 4) is 0 Å². The van der Waals surface area contributed by atoms with Gasteiger partial charge in [0, 0.05) is 145 Å². The third-order valence-corrected chi connectivity index (χ3v) is 7.16. The quantitative estimate of drug-likeness (QED) is 0.102. The lowest BCUT2D eigenvalue weighted by Gasteiger charge is -2.31. The van der Waals surface area contributed by atoms with Crippen molar-refractivity contribution in [3.05, 3.63) is 219 Å². The van der Waals surface area contributed by atoms with Crippen LogP contribution in [0.1, 0.15) is 46.0 Å². The molecule has 0 aliphatic carbocycles. The summed E-state index contributed by atoms with van der Waals surface area (Å²) in [4.78, 5) is 80.8. The standard InChI is InChI=1S/C59H40N4O8/c1-9-11-12-13-14-15-16-17-18-19-20-21-22-23-24-25-26-27-28-29-30-31-32-33-34-35-36-37-38-39-40-41-42-43-53(62(54(64)10-2)48-44-57(67)70-50-46-55(65)60(5)6)63(59(69)52(3)4)49-45-58(68)71-51-47-56(66)61(7)8/h1,3,10,44-51H2,2,4-8H3. The van der Waals surface area contributed by atoms with E-state index in [9.17, 15) is 28.8 Å². The Bertz CT molecular complexity index is 3560. The first-order valence-electron chi connectivity index (χ1n) is 20.4. The largest absolute Gasteiger partial charge is 0.465 e. The molecular weight excluding hydrogens is 893 g/mol. The maximum absolute atomic E-state index is 13.5. The van der Waals surface area contributed by atoms with Crippen LogP contribution in [0.25, 0.3) is 0 Å². The molecule has 0 N–H and O–H groups in total. The second-order valence-electron chi connectivity index (χ2n) is 12.8. The minimum atomic E-state index is -0.730. The van der Waals surface area contributed by atoms with E-state index < -0.39 is 23.8 Å². The zero-order valence-corrected chi connectivity index (χ0v) is 39.8. The average Bonchev–Trinajstić information content (AvgIpc) is 3.34. The summed E-state index contributed by atoms with van der Waals surface area (Å²) in [6.07, 6.45) is -0.847. The molecule has 71 heavy (non-hydrogen) atoms. The summed E-state index contributed by atoms with van der Waals surface area (Å²) in [5.41, 5.74) is 84.6. The van der Waals surface area contributed by atoms with E-state index in [1.165, 1.54) is 16.7 Å². The summed E-state index contributed by atoms with van der Waals surface area (Å²) in [5.74, 6) is -3.37. The van der Waals surface area contributed by atoms with E-state index in [0.29, 0.717) is 0 Å². The van der Waals surface area contributed by atoms with E-state index >= 15 is 0 Å². The molecule has 0 aromatic carbocycles. The molecule has 0 aliphatic heterocycles.